The standard InChI is InChI=1S/C15H10Cl2F3NO2/c16-11-5-9(6-12(17)13(11)22)14(23)21-7-8-1-3-10(4-2-8)15(18,19)20/h1-6,22H,7H2,(H,21,23). The molecule has 23 heavy (non-hydrogen) atoms. The molecule has 2 aromatic rings. The van der Waals surface area contributed by atoms with Crippen molar-refractivity contribution in [2.24, 2.45) is 0 Å². The first-order chi connectivity index (χ1) is 10.7. The minimum Gasteiger partial charge on any atom is -0.505 e. The van der Waals surface area contributed by atoms with E-state index in [4.69, 9.17) is 23.2 Å². The largest absolute Gasteiger partial charge is 0.505 e. The molecule has 8 heteroatoms. The van der Waals surface area contributed by atoms with E-state index in [2.05, 4.69) is 5.32 Å². The van der Waals surface area contributed by atoms with Crippen molar-refractivity contribution in [1.29, 1.82) is 0 Å². The highest BCUT2D eigenvalue weighted by molar-refractivity contribution is 6.37. The van der Waals surface area contributed by atoms with Gasteiger partial charge in [-0.2, -0.15) is 13.2 Å². The maximum Gasteiger partial charge on any atom is 0.416 e. The van der Waals surface area contributed by atoms with Crippen LogP contribution in [0.5, 0.6) is 5.75 Å². The zero-order chi connectivity index (χ0) is 17.2. The predicted octanol–water partition coefficient (Wildman–Crippen LogP) is 4.65. The number of phenols is 1. The van der Waals surface area contributed by atoms with E-state index < -0.39 is 17.6 Å². The molecule has 0 atom stereocenters. The van der Waals surface area contributed by atoms with Gasteiger partial charge in [-0.1, -0.05) is 35.3 Å². The molecule has 0 aliphatic heterocycles. The van der Waals surface area contributed by atoms with Crippen LogP contribution in [-0.4, -0.2) is 11.0 Å². The highest BCUT2D eigenvalue weighted by Crippen LogP contribution is 2.32. The van der Waals surface area contributed by atoms with Gasteiger partial charge in [-0.3, -0.25) is 4.79 Å². The van der Waals surface area contributed by atoms with Gasteiger partial charge >= 0.3 is 6.18 Å². The fourth-order valence-electron chi connectivity index (χ4n) is 1.79. The summed E-state index contributed by atoms with van der Waals surface area (Å²) in [5.41, 5.74) is -0.128. The highest BCUT2D eigenvalue weighted by atomic mass is 35.5. The number of alkyl halides is 3. The van der Waals surface area contributed by atoms with Gasteiger partial charge in [0.05, 0.1) is 15.6 Å². The average Bonchev–Trinajstić information content (AvgIpc) is 2.49. The number of halogens is 5. The summed E-state index contributed by atoms with van der Waals surface area (Å²) in [7, 11) is 0. The predicted molar refractivity (Wildman–Crippen MR) is 80.7 cm³/mol. The molecule has 0 saturated heterocycles. The van der Waals surface area contributed by atoms with Gasteiger partial charge in [-0.05, 0) is 29.8 Å². The van der Waals surface area contributed by atoms with Crippen molar-refractivity contribution in [3.8, 4) is 5.75 Å². The average molecular weight is 364 g/mol. The molecule has 0 saturated carbocycles. The molecule has 1 amide bonds. The Balaban J connectivity index is 2.05. The van der Waals surface area contributed by atoms with Gasteiger partial charge in [0.2, 0.25) is 0 Å². The van der Waals surface area contributed by atoms with Crippen LogP contribution in [0.15, 0.2) is 36.4 Å². The highest BCUT2D eigenvalue weighted by Gasteiger charge is 2.29. The maximum absolute atomic E-state index is 12.4. The van der Waals surface area contributed by atoms with Gasteiger partial charge in [0.1, 0.15) is 0 Å². The zero-order valence-electron chi connectivity index (χ0n) is 11.4. The van der Waals surface area contributed by atoms with Gasteiger partial charge in [0.25, 0.3) is 5.91 Å². The number of benzene rings is 2. The van der Waals surface area contributed by atoms with E-state index in [0.29, 0.717) is 5.56 Å². The van der Waals surface area contributed by atoms with Crippen molar-refractivity contribution in [3.63, 3.8) is 0 Å². The second-order valence-corrected chi connectivity index (χ2v) is 5.48. The van der Waals surface area contributed by atoms with Gasteiger partial charge in [-0.15, -0.1) is 0 Å². The Kier molecular flexibility index (Phi) is 5.06. The number of nitrogens with one attached hydrogen (secondary N) is 1. The smallest absolute Gasteiger partial charge is 0.416 e. The lowest BCUT2D eigenvalue weighted by Crippen LogP contribution is -2.22. The molecule has 3 nitrogen and oxygen atoms in total. The summed E-state index contributed by atoms with van der Waals surface area (Å²) < 4.78 is 37.3. The van der Waals surface area contributed by atoms with Crippen molar-refractivity contribution in [2.75, 3.05) is 0 Å². The van der Waals surface area contributed by atoms with Crippen molar-refractivity contribution in [2.45, 2.75) is 12.7 Å². The number of hydrogen-bond acceptors (Lipinski definition) is 2. The molecule has 2 N–H and O–H groups in total. The second kappa shape index (κ2) is 6.68. The van der Waals surface area contributed by atoms with Crippen LogP contribution in [0.25, 0.3) is 0 Å². The Bertz CT molecular complexity index is 707. The SMILES string of the molecule is O=C(NCc1ccc(C(F)(F)F)cc1)c1cc(Cl)c(O)c(Cl)c1. The van der Waals surface area contributed by atoms with Gasteiger partial charge in [0, 0.05) is 12.1 Å². The van der Waals surface area contributed by atoms with E-state index in [1.54, 1.807) is 0 Å². The van der Waals surface area contributed by atoms with Gasteiger partial charge in [-0.25, -0.2) is 0 Å². The summed E-state index contributed by atoms with van der Waals surface area (Å²) in [6.45, 7) is 0.0348. The van der Waals surface area contributed by atoms with Gasteiger partial charge < -0.3 is 10.4 Å². The molecule has 122 valence electrons. The van der Waals surface area contributed by atoms with Crippen LogP contribution in [0.1, 0.15) is 21.5 Å². The molecule has 0 heterocycles. The Morgan fingerprint density at radius 2 is 1.61 bits per heavy atom. The summed E-state index contributed by atoms with van der Waals surface area (Å²) in [5.74, 6) is -0.846. The molecule has 0 spiro atoms. The zero-order valence-corrected chi connectivity index (χ0v) is 12.9. The summed E-state index contributed by atoms with van der Waals surface area (Å²) in [6, 6.07) is 6.92. The molecule has 0 unspecified atom stereocenters. The van der Waals surface area contributed by atoms with Crippen LogP contribution < -0.4 is 5.32 Å². The van der Waals surface area contributed by atoms with Crippen molar-refractivity contribution in [1.82, 2.24) is 5.32 Å². The van der Waals surface area contributed by atoms with E-state index in [0.717, 1.165) is 12.1 Å². The lowest BCUT2D eigenvalue weighted by atomic mass is 10.1. The monoisotopic (exact) mass is 363 g/mol. The maximum atomic E-state index is 12.4. The van der Waals surface area contributed by atoms with Crippen LogP contribution in [-0.2, 0) is 12.7 Å². The van der Waals surface area contributed by atoms with Crippen LogP contribution in [0.4, 0.5) is 13.2 Å². The van der Waals surface area contributed by atoms with Crippen molar-refractivity contribution in [3.05, 3.63) is 63.1 Å². The molecule has 0 aliphatic rings. The number of rotatable bonds is 3. The number of amides is 1. The summed E-state index contributed by atoms with van der Waals surface area (Å²) >= 11 is 11.4. The molecule has 0 bridgehead atoms. The Morgan fingerprint density at radius 3 is 2.09 bits per heavy atom. The van der Waals surface area contributed by atoms with Crippen molar-refractivity contribution < 1.29 is 23.1 Å². The fourth-order valence-corrected chi connectivity index (χ4v) is 2.28. The van der Waals surface area contributed by atoms with Gasteiger partial charge in [0.15, 0.2) is 5.75 Å². The van der Waals surface area contributed by atoms with E-state index in [1.807, 2.05) is 0 Å². The molecular formula is C15H10Cl2F3NO2. The first-order valence-corrected chi connectivity index (χ1v) is 7.06. The quantitative estimate of drug-likeness (QED) is 0.833. The van der Waals surface area contributed by atoms with Crippen LogP contribution >= 0.6 is 23.2 Å². The minimum absolute atomic E-state index is 0.0348. The number of hydrogen-bond donors (Lipinski definition) is 2. The van der Waals surface area contributed by atoms with E-state index in [-0.39, 0.29) is 27.9 Å². The topological polar surface area (TPSA) is 49.3 Å². The molecule has 0 fully saturated rings. The molecular weight excluding hydrogens is 354 g/mol. The van der Waals surface area contributed by atoms with E-state index >= 15 is 0 Å². The Morgan fingerprint density at radius 1 is 1.09 bits per heavy atom. The molecule has 0 aromatic heterocycles. The summed E-state index contributed by atoms with van der Waals surface area (Å²) in [6.07, 6.45) is -4.40. The van der Waals surface area contributed by atoms with E-state index in [9.17, 15) is 23.1 Å². The molecule has 0 radical (unpaired) electrons. The number of aromatic hydroxyl groups is 1. The third-order valence-electron chi connectivity index (χ3n) is 3.01. The van der Waals surface area contributed by atoms with Crippen molar-refractivity contribution >= 4 is 29.1 Å². The number of carbonyl (C=O) groups excluding carboxylic acids is 1. The third kappa shape index (κ3) is 4.30. The van der Waals surface area contributed by atoms with E-state index in [1.165, 1.54) is 24.3 Å². The lowest BCUT2D eigenvalue weighted by molar-refractivity contribution is -0.137. The molecule has 0 aliphatic carbocycles. The number of phenolic OH excluding ortho intramolecular Hbond substituents is 1. The minimum atomic E-state index is -4.40. The summed E-state index contributed by atoms with van der Waals surface area (Å²) in [5, 5.41) is 11.8. The molecule has 2 aromatic carbocycles. The lowest BCUT2D eigenvalue weighted by Gasteiger charge is -2.09. The fraction of sp³-hybridized carbons (Fsp3) is 0.133. The second-order valence-electron chi connectivity index (χ2n) is 4.67. The normalized spacial score (nSPS) is 11.3. The summed E-state index contributed by atoms with van der Waals surface area (Å²) in [4.78, 5) is 12.0. The Labute approximate surface area is 139 Å². The van der Waals surface area contributed by atoms with Crippen LogP contribution in [0.2, 0.25) is 10.0 Å². The van der Waals surface area contributed by atoms with Crippen LogP contribution in [0, 0.1) is 0 Å². The third-order valence-corrected chi connectivity index (χ3v) is 3.59. The first-order valence-electron chi connectivity index (χ1n) is 6.31. The Hall–Kier alpha value is -1.92. The first kappa shape index (κ1) is 17.4. The van der Waals surface area contributed by atoms with Crippen LogP contribution in [0.3, 0.4) is 0 Å². The molecule has 2 rings (SSSR count). The number of carbonyl (C=O) groups is 1.